The molecule has 6 nitrogen and oxygen atoms in total. The average Bonchev–Trinajstić information content (AvgIpc) is 2.55. The molecule has 1 aliphatic carbocycles. The summed E-state index contributed by atoms with van der Waals surface area (Å²) >= 11 is 5.91. The molecular weight excluding hydrogens is 342 g/mol. The predicted octanol–water partition coefficient (Wildman–Crippen LogP) is 4.54. The SMILES string of the molecule is O=C(Nc1ccc([N+](=O)[O-])cc1)NC1(Cc2ccc(Cl)cc2)CCC1. The van der Waals surface area contributed by atoms with Crippen molar-refractivity contribution in [3.05, 3.63) is 69.2 Å². The highest BCUT2D eigenvalue weighted by atomic mass is 35.5. The maximum atomic E-state index is 12.3. The van der Waals surface area contributed by atoms with Crippen molar-refractivity contribution in [1.82, 2.24) is 5.32 Å². The normalized spacial score (nSPS) is 15.1. The van der Waals surface area contributed by atoms with Gasteiger partial charge in [-0.25, -0.2) is 4.79 Å². The summed E-state index contributed by atoms with van der Waals surface area (Å²) in [6, 6.07) is 13.1. The number of urea groups is 1. The number of anilines is 1. The van der Waals surface area contributed by atoms with Crippen LogP contribution >= 0.6 is 11.6 Å². The fraction of sp³-hybridized carbons (Fsp3) is 0.278. The highest BCUT2D eigenvalue weighted by molar-refractivity contribution is 6.30. The smallest absolute Gasteiger partial charge is 0.319 e. The summed E-state index contributed by atoms with van der Waals surface area (Å²) in [6.45, 7) is 0. The lowest BCUT2D eigenvalue weighted by atomic mass is 9.73. The number of hydrogen-bond acceptors (Lipinski definition) is 3. The number of benzene rings is 2. The standard InChI is InChI=1S/C18H18ClN3O3/c19-14-4-2-13(3-5-14)12-18(10-1-11-18)21-17(23)20-15-6-8-16(9-7-15)22(24)25/h2-9H,1,10-12H2,(H2,20,21,23). The molecule has 3 rings (SSSR count). The van der Waals surface area contributed by atoms with Gasteiger partial charge in [-0.1, -0.05) is 23.7 Å². The second kappa shape index (κ2) is 7.11. The topological polar surface area (TPSA) is 84.3 Å². The Balaban J connectivity index is 1.61. The van der Waals surface area contributed by atoms with Gasteiger partial charge in [0.2, 0.25) is 0 Å². The van der Waals surface area contributed by atoms with Crippen molar-refractivity contribution in [2.45, 2.75) is 31.2 Å². The van der Waals surface area contributed by atoms with Crippen molar-refractivity contribution < 1.29 is 9.72 Å². The van der Waals surface area contributed by atoms with E-state index in [2.05, 4.69) is 10.6 Å². The van der Waals surface area contributed by atoms with Crippen LogP contribution < -0.4 is 10.6 Å². The van der Waals surface area contributed by atoms with Gasteiger partial charge >= 0.3 is 6.03 Å². The molecule has 2 N–H and O–H groups in total. The van der Waals surface area contributed by atoms with Crippen molar-refractivity contribution in [3.63, 3.8) is 0 Å². The van der Waals surface area contributed by atoms with Crippen LogP contribution in [0.3, 0.4) is 0 Å². The molecule has 0 atom stereocenters. The second-order valence-electron chi connectivity index (χ2n) is 6.32. The number of nitro groups is 1. The van der Waals surface area contributed by atoms with Gasteiger partial charge in [-0.2, -0.15) is 0 Å². The third kappa shape index (κ3) is 4.28. The van der Waals surface area contributed by atoms with Crippen molar-refractivity contribution >= 4 is 29.0 Å². The molecule has 2 aromatic rings. The van der Waals surface area contributed by atoms with Crippen LogP contribution in [0, 0.1) is 10.1 Å². The zero-order valence-corrected chi connectivity index (χ0v) is 14.3. The average molecular weight is 360 g/mol. The number of carbonyl (C=O) groups excluding carboxylic acids is 1. The lowest BCUT2D eigenvalue weighted by Crippen LogP contribution is -2.56. The van der Waals surface area contributed by atoms with Gasteiger partial charge in [0.1, 0.15) is 0 Å². The van der Waals surface area contributed by atoms with Crippen LogP contribution in [0.5, 0.6) is 0 Å². The summed E-state index contributed by atoms with van der Waals surface area (Å²) in [4.78, 5) is 22.5. The lowest BCUT2D eigenvalue weighted by molar-refractivity contribution is -0.384. The molecule has 1 fully saturated rings. The van der Waals surface area contributed by atoms with E-state index in [0.717, 1.165) is 31.2 Å². The van der Waals surface area contributed by atoms with E-state index in [1.54, 1.807) is 0 Å². The van der Waals surface area contributed by atoms with E-state index in [0.29, 0.717) is 10.7 Å². The molecule has 25 heavy (non-hydrogen) atoms. The number of carbonyl (C=O) groups is 1. The fourth-order valence-electron chi connectivity index (χ4n) is 3.01. The maximum Gasteiger partial charge on any atom is 0.319 e. The minimum absolute atomic E-state index is 0.0100. The van der Waals surface area contributed by atoms with Gasteiger partial charge in [0.05, 0.1) is 4.92 Å². The van der Waals surface area contributed by atoms with Gasteiger partial charge in [-0.3, -0.25) is 10.1 Å². The van der Waals surface area contributed by atoms with Gasteiger partial charge in [0, 0.05) is 28.4 Å². The number of amides is 2. The largest absolute Gasteiger partial charge is 0.332 e. The molecule has 0 spiro atoms. The van der Waals surface area contributed by atoms with Crippen molar-refractivity contribution in [1.29, 1.82) is 0 Å². The van der Waals surface area contributed by atoms with Crippen LogP contribution in [-0.2, 0) is 6.42 Å². The van der Waals surface area contributed by atoms with E-state index >= 15 is 0 Å². The first-order valence-electron chi connectivity index (χ1n) is 8.04. The molecule has 0 unspecified atom stereocenters. The lowest BCUT2D eigenvalue weighted by Gasteiger charge is -2.42. The molecule has 0 aliphatic heterocycles. The van der Waals surface area contributed by atoms with Crippen LogP contribution in [0.1, 0.15) is 24.8 Å². The summed E-state index contributed by atoms with van der Waals surface area (Å²) in [5.74, 6) is 0. The monoisotopic (exact) mass is 359 g/mol. The molecular formula is C18H18ClN3O3. The van der Waals surface area contributed by atoms with Crippen LogP contribution in [0.25, 0.3) is 0 Å². The molecule has 7 heteroatoms. The van der Waals surface area contributed by atoms with Crippen LogP contribution in [0.4, 0.5) is 16.2 Å². The Kier molecular flexibility index (Phi) is 4.90. The second-order valence-corrected chi connectivity index (χ2v) is 6.76. The number of rotatable bonds is 5. The van der Waals surface area contributed by atoms with Crippen molar-refractivity contribution in [2.24, 2.45) is 0 Å². The van der Waals surface area contributed by atoms with Gasteiger partial charge in [0.15, 0.2) is 0 Å². The van der Waals surface area contributed by atoms with Crippen molar-refractivity contribution in [2.75, 3.05) is 5.32 Å². The third-order valence-electron chi connectivity index (χ3n) is 4.48. The predicted molar refractivity (Wildman–Crippen MR) is 97.0 cm³/mol. The molecule has 0 radical (unpaired) electrons. The summed E-state index contributed by atoms with van der Waals surface area (Å²) in [6.07, 6.45) is 3.66. The summed E-state index contributed by atoms with van der Waals surface area (Å²) < 4.78 is 0. The Bertz CT molecular complexity index is 771. The Morgan fingerprint density at radius 3 is 2.28 bits per heavy atom. The minimum Gasteiger partial charge on any atom is -0.332 e. The first-order valence-corrected chi connectivity index (χ1v) is 8.42. The molecule has 2 aromatic carbocycles. The van der Waals surface area contributed by atoms with E-state index in [9.17, 15) is 14.9 Å². The van der Waals surface area contributed by atoms with Gasteiger partial charge < -0.3 is 10.6 Å². The summed E-state index contributed by atoms with van der Waals surface area (Å²) in [7, 11) is 0. The van der Waals surface area contributed by atoms with E-state index in [4.69, 9.17) is 11.6 Å². The number of nitrogens with one attached hydrogen (secondary N) is 2. The van der Waals surface area contributed by atoms with E-state index in [1.165, 1.54) is 24.3 Å². The number of halogens is 1. The van der Waals surface area contributed by atoms with Crippen LogP contribution in [-0.4, -0.2) is 16.5 Å². The number of hydrogen-bond donors (Lipinski definition) is 2. The molecule has 0 heterocycles. The molecule has 130 valence electrons. The van der Waals surface area contributed by atoms with E-state index < -0.39 is 4.92 Å². The molecule has 0 saturated heterocycles. The molecule has 0 aromatic heterocycles. The maximum absolute atomic E-state index is 12.3. The fourth-order valence-corrected chi connectivity index (χ4v) is 3.14. The van der Waals surface area contributed by atoms with E-state index in [-0.39, 0.29) is 17.3 Å². The minimum atomic E-state index is -0.473. The quantitative estimate of drug-likeness (QED) is 0.607. The number of non-ortho nitro benzene ring substituents is 1. The first-order chi connectivity index (χ1) is 12.0. The van der Waals surface area contributed by atoms with Crippen LogP contribution in [0.2, 0.25) is 5.02 Å². The highest BCUT2D eigenvalue weighted by Crippen LogP contribution is 2.35. The van der Waals surface area contributed by atoms with Gasteiger partial charge in [-0.05, 0) is 55.5 Å². The van der Waals surface area contributed by atoms with Crippen molar-refractivity contribution in [3.8, 4) is 0 Å². The Labute approximate surface area is 150 Å². The first kappa shape index (κ1) is 17.2. The van der Waals surface area contributed by atoms with Gasteiger partial charge in [-0.15, -0.1) is 0 Å². The van der Waals surface area contributed by atoms with E-state index in [1.807, 2.05) is 24.3 Å². The Morgan fingerprint density at radius 2 is 1.76 bits per heavy atom. The number of nitro benzene ring substituents is 1. The third-order valence-corrected chi connectivity index (χ3v) is 4.73. The molecule has 1 saturated carbocycles. The summed E-state index contributed by atoms with van der Waals surface area (Å²) in [5.41, 5.74) is 1.38. The highest BCUT2D eigenvalue weighted by Gasteiger charge is 2.38. The van der Waals surface area contributed by atoms with Crippen LogP contribution in [0.15, 0.2) is 48.5 Å². The zero-order chi connectivity index (χ0) is 17.9. The Hall–Kier alpha value is -2.60. The molecule has 0 bridgehead atoms. The number of nitrogens with zero attached hydrogens (tertiary/aromatic N) is 1. The zero-order valence-electron chi connectivity index (χ0n) is 13.5. The summed E-state index contributed by atoms with van der Waals surface area (Å²) in [5, 5.41) is 17.1. The Morgan fingerprint density at radius 1 is 1.12 bits per heavy atom. The molecule has 2 amide bonds. The molecule has 1 aliphatic rings. The van der Waals surface area contributed by atoms with Gasteiger partial charge in [0.25, 0.3) is 5.69 Å².